The number of anilines is 1. The fourth-order valence-corrected chi connectivity index (χ4v) is 3.98. The Labute approximate surface area is 171 Å². The highest BCUT2D eigenvalue weighted by Crippen LogP contribution is 2.38. The molecule has 0 bridgehead atoms. The number of nitrogens with zero attached hydrogens (tertiary/aromatic N) is 2. The Morgan fingerprint density at radius 3 is 2.23 bits per heavy atom. The quantitative estimate of drug-likeness (QED) is 0.734. The summed E-state index contributed by atoms with van der Waals surface area (Å²) in [5.74, 6) is -2.96. The number of para-hydroxylation sites is 1. The monoisotopic (exact) mass is 425 g/mol. The van der Waals surface area contributed by atoms with Crippen LogP contribution in [-0.2, 0) is 25.4 Å². The smallest absolute Gasteiger partial charge is 0.335 e. The van der Waals surface area contributed by atoms with E-state index in [0.717, 1.165) is 34.8 Å². The van der Waals surface area contributed by atoms with Crippen LogP contribution in [-0.4, -0.2) is 53.6 Å². The fourth-order valence-electron chi connectivity index (χ4n) is 3.98. The van der Waals surface area contributed by atoms with Gasteiger partial charge in [0, 0.05) is 7.05 Å². The molecule has 0 radical (unpaired) electrons. The number of hydrogen-bond donors (Lipinski definition) is 1. The number of halogens is 3. The second kappa shape index (κ2) is 8.45. The minimum absolute atomic E-state index is 0.366. The maximum atomic E-state index is 13.0. The molecule has 1 aliphatic heterocycles. The van der Waals surface area contributed by atoms with E-state index in [4.69, 9.17) is 0 Å². The molecule has 1 aliphatic carbocycles. The van der Waals surface area contributed by atoms with E-state index in [0.29, 0.717) is 12.8 Å². The standard InChI is InChI=1S/C20H22F3N3O4/c1-25(10-16(27)24-15-9-5-4-8-14(15)20(21,22)23)17(28)11-26-18(29)12-6-2-3-7-13(12)19(26)30/h4-5,8-9,12-13H,2-3,6-7,10-11H2,1H3,(H,24,27)/t12-,13+. The zero-order valence-electron chi connectivity index (χ0n) is 16.4. The number of rotatable bonds is 5. The number of hydrogen-bond acceptors (Lipinski definition) is 4. The second-order valence-corrected chi connectivity index (χ2v) is 7.60. The van der Waals surface area contributed by atoms with Gasteiger partial charge in [-0.3, -0.25) is 24.1 Å². The first kappa shape index (κ1) is 21.8. The van der Waals surface area contributed by atoms with Gasteiger partial charge in [0.05, 0.1) is 29.6 Å². The van der Waals surface area contributed by atoms with Crippen molar-refractivity contribution in [2.45, 2.75) is 31.9 Å². The van der Waals surface area contributed by atoms with Crippen molar-refractivity contribution in [2.24, 2.45) is 11.8 Å². The van der Waals surface area contributed by atoms with E-state index in [1.807, 2.05) is 0 Å². The van der Waals surface area contributed by atoms with E-state index >= 15 is 0 Å². The van der Waals surface area contributed by atoms with E-state index in [1.165, 1.54) is 19.2 Å². The third-order valence-corrected chi connectivity index (χ3v) is 5.54. The molecule has 1 N–H and O–H groups in total. The van der Waals surface area contributed by atoms with Crippen LogP contribution in [0.25, 0.3) is 0 Å². The maximum Gasteiger partial charge on any atom is 0.418 e. The van der Waals surface area contributed by atoms with Gasteiger partial charge >= 0.3 is 6.18 Å². The lowest BCUT2D eigenvalue weighted by atomic mass is 9.81. The average Bonchev–Trinajstić information content (AvgIpc) is 2.92. The fraction of sp³-hybridized carbons (Fsp3) is 0.500. The topological polar surface area (TPSA) is 86.8 Å². The normalized spacial score (nSPS) is 21.4. The van der Waals surface area contributed by atoms with E-state index < -0.39 is 42.3 Å². The van der Waals surface area contributed by atoms with E-state index in [2.05, 4.69) is 5.32 Å². The maximum absolute atomic E-state index is 13.0. The molecule has 4 amide bonds. The van der Waals surface area contributed by atoms with E-state index in [1.54, 1.807) is 0 Å². The predicted molar refractivity (Wildman–Crippen MR) is 99.9 cm³/mol. The van der Waals surface area contributed by atoms with Gasteiger partial charge in [-0.25, -0.2) is 0 Å². The van der Waals surface area contributed by atoms with Gasteiger partial charge in [0.15, 0.2) is 0 Å². The number of imide groups is 1. The molecule has 1 saturated heterocycles. The van der Waals surface area contributed by atoms with Crippen molar-refractivity contribution >= 4 is 29.3 Å². The lowest BCUT2D eigenvalue weighted by Crippen LogP contribution is -2.44. The van der Waals surface area contributed by atoms with Crippen LogP contribution in [0.5, 0.6) is 0 Å². The summed E-state index contributed by atoms with van der Waals surface area (Å²) < 4.78 is 39.1. The summed E-state index contributed by atoms with van der Waals surface area (Å²) in [4.78, 5) is 51.4. The van der Waals surface area contributed by atoms with Crippen molar-refractivity contribution in [3.05, 3.63) is 29.8 Å². The van der Waals surface area contributed by atoms with Crippen molar-refractivity contribution in [3.63, 3.8) is 0 Å². The SMILES string of the molecule is CN(CC(=O)Nc1ccccc1C(F)(F)F)C(=O)CN1C(=O)[C@H]2CCCC[C@H]2C1=O. The van der Waals surface area contributed by atoms with Crippen LogP contribution in [0.2, 0.25) is 0 Å². The van der Waals surface area contributed by atoms with Crippen LogP contribution in [0.15, 0.2) is 24.3 Å². The summed E-state index contributed by atoms with van der Waals surface area (Å²) in [6.07, 6.45) is -1.67. The number of fused-ring (bicyclic) bond motifs is 1. The minimum Gasteiger partial charge on any atom is -0.335 e. The van der Waals surface area contributed by atoms with Gasteiger partial charge < -0.3 is 10.2 Å². The van der Waals surface area contributed by atoms with E-state index in [9.17, 15) is 32.3 Å². The Kier molecular flexibility index (Phi) is 6.14. The Bertz CT molecular complexity index is 847. The molecule has 1 saturated carbocycles. The molecule has 30 heavy (non-hydrogen) atoms. The van der Waals surface area contributed by atoms with Gasteiger partial charge in [-0.15, -0.1) is 0 Å². The predicted octanol–water partition coefficient (Wildman–Crippen LogP) is 2.28. The molecule has 3 rings (SSSR count). The molecule has 0 aromatic heterocycles. The first-order valence-corrected chi connectivity index (χ1v) is 9.65. The number of alkyl halides is 3. The van der Waals surface area contributed by atoms with Gasteiger partial charge in [-0.2, -0.15) is 13.2 Å². The molecule has 0 spiro atoms. The zero-order valence-corrected chi connectivity index (χ0v) is 16.4. The van der Waals surface area contributed by atoms with Gasteiger partial charge in [0.2, 0.25) is 23.6 Å². The summed E-state index contributed by atoms with van der Waals surface area (Å²) in [6.45, 7) is -0.998. The van der Waals surface area contributed by atoms with Crippen LogP contribution < -0.4 is 5.32 Å². The Hall–Kier alpha value is -2.91. The number of amides is 4. The number of likely N-dealkylation sites (tertiary alicyclic amines) is 1. The molecule has 2 aliphatic rings. The zero-order chi connectivity index (χ0) is 22.1. The largest absolute Gasteiger partial charge is 0.418 e. The molecule has 1 heterocycles. The van der Waals surface area contributed by atoms with E-state index in [-0.39, 0.29) is 23.7 Å². The molecule has 2 atom stereocenters. The molecule has 7 nitrogen and oxygen atoms in total. The van der Waals surface area contributed by atoms with Crippen LogP contribution >= 0.6 is 0 Å². The van der Waals surface area contributed by atoms with Crippen LogP contribution in [0.3, 0.4) is 0 Å². The van der Waals surface area contributed by atoms with Crippen LogP contribution in [0, 0.1) is 11.8 Å². The number of likely N-dealkylation sites (N-methyl/N-ethyl adjacent to an activating group) is 1. The summed E-state index contributed by atoms with van der Waals surface area (Å²) in [6, 6.07) is 4.51. The molecule has 162 valence electrons. The van der Waals surface area contributed by atoms with Gasteiger partial charge in [0.1, 0.15) is 6.54 Å². The van der Waals surface area contributed by atoms with Crippen LogP contribution in [0.4, 0.5) is 18.9 Å². The summed E-state index contributed by atoms with van der Waals surface area (Å²) in [5, 5.41) is 2.15. The molecule has 1 aromatic rings. The number of carbonyl (C=O) groups is 4. The lowest BCUT2D eigenvalue weighted by Gasteiger charge is -2.21. The number of benzene rings is 1. The molecular weight excluding hydrogens is 403 g/mol. The summed E-state index contributed by atoms with van der Waals surface area (Å²) >= 11 is 0. The molecule has 0 unspecified atom stereocenters. The summed E-state index contributed by atoms with van der Waals surface area (Å²) in [7, 11) is 1.29. The van der Waals surface area contributed by atoms with Crippen molar-refractivity contribution in [1.82, 2.24) is 9.80 Å². The minimum atomic E-state index is -4.64. The van der Waals surface area contributed by atoms with Crippen molar-refractivity contribution in [1.29, 1.82) is 0 Å². The highest BCUT2D eigenvalue weighted by atomic mass is 19.4. The molecular formula is C20H22F3N3O4. The average molecular weight is 425 g/mol. The van der Waals surface area contributed by atoms with Crippen molar-refractivity contribution in [3.8, 4) is 0 Å². The highest BCUT2D eigenvalue weighted by molar-refractivity contribution is 6.07. The first-order valence-electron chi connectivity index (χ1n) is 9.65. The third kappa shape index (κ3) is 4.47. The van der Waals surface area contributed by atoms with Gasteiger partial charge in [-0.05, 0) is 25.0 Å². The van der Waals surface area contributed by atoms with Gasteiger partial charge in [-0.1, -0.05) is 25.0 Å². The Balaban J connectivity index is 1.59. The first-order chi connectivity index (χ1) is 14.1. The van der Waals surface area contributed by atoms with Crippen molar-refractivity contribution < 1.29 is 32.3 Å². The third-order valence-electron chi connectivity index (χ3n) is 5.54. The number of carbonyl (C=O) groups excluding carboxylic acids is 4. The molecule has 2 fully saturated rings. The Morgan fingerprint density at radius 1 is 1.10 bits per heavy atom. The molecule has 1 aromatic carbocycles. The lowest BCUT2D eigenvalue weighted by molar-refractivity contribution is -0.146. The van der Waals surface area contributed by atoms with Crippen molar-refractivity contribution in [2.75, 3.05) is 25.5 Å². The van der Waals surface area contributed by atoms with Gasteiger partial charge in [0.25, 0.3) is 0 Å². The molecule has 10 heteroatoms. The number of nitrogens with one attached hydrogen (secondary N) is 1. The highest BCUT2D eigenvalue weighted by Gasteiger charge is 2.48. The Morgan fingerprint density at radius 2 is 1.67 bits per heavy atom. The summed E-state index contributed by atoms with van der Waals surface area (Å²) in [5.41, 5.74) is -1.41. The van der Waals surface area contributed by atoms with Crippen LogP contribution in [0.1, 0.15) is 31.2 Å². The second-order valence-electron chi connectivity index (χ2n) is 7.60.